The van der Waals surface area contributed by atoms with E-state index in [0.29, 0.717) is 12.2 Å². The van der Waals surface area contributed by atoms with Crippen molar-refractivity contribution in [1.29, 1.82) is 0 Å². The summed E-state index contributed by atoms with van der Waals surface area (Å²) in [4.78, 5) is 27.5. The summed E-state index contributed by atoms with van der Waals surface area (Å²) in [5.74, 6) is -0.732. The topological polar surface area (TPSA) is 86.8 Å². The third kappa shape index (κ3) is 7.06. The van der Waals surface area contributed by atoms with Crippen molar-refractivity contribution in [2.75, 3.05) is 23.7 Å². The number of rotatable bonds is 10. The molecule has 7 nitrogen and oxygen atoms in total. The monoisotopic (exact) mass is 523 g/mol. The van der Waals surface area contributed by atoms with Gasteiger partial charge in [-0.05, 0) is 55.7 Å². The van der Waals surface area contributed by atoms with Crippen LogP contribution in [0.2, 0.25) is 0 Å². The van der Waals surface area contributed by atoms with Crippen LogP contribution in [-0.4, -0.2) is 50.5 Å². The highest BCUT2D eigenvalue weighted by Gasteiger charge is 2.30. The predicted molar refractivity (Wildman–Crippen MR) is 131 cm³/mol. The van der Waals surface area contributed by atoms with Gasteiger partial charge in [0.05, 0.1) is 11.9 Å². The van der Waals surface area contributed by atoms with Crippen LogP contribution in [0.1, 0.15) is 31.4 Å². The summed E-state index contributed by atoms with van der Waals surface area (Å²) in [5.41, 5.74) is 2.26. The molecule has 0 heterocycles. The van der Waals surface area contributed by atoms with Gasteiger partial charge in [-0.2, -0.15) is 0 Å². The molecule has 32 heavy (non-hydrogen) atoms. The lowest BCUT2D eigenvalue weighted by atomic mass is 10.1. The number of amides is 2. The molecule has 9 heteroatoms. The molecule has 2 amide bonds. The van der Waals surface area contributed by atoms with Gasteiger partial charge >= 0.3 is 0 Å². The van der Waals surface area contributed by atoms with E-state index >= 15 is 0 Å². The number of carbonyl (C=O) groups is 2. The average molecular weight is 524 g/mol. The molecular formula is C23H30BrN3O4S. The lowest BCUT2D eigenvalue weighted by Crippen LogP contribution is -2.51. The lowest BCUT2D eigenvalue weighted by Gasteiger charge is -2.31. The fourth-order valence-corrected chi connectivity index (χ4v) is 4.28. The second kappa shape index (κ2) is 11.5. The van der Waals surface area contributed by atoms with Gasteiger partial charge in [-0.3, -0.25) is 13.9 Å². The summed E-state index contributed by atoms with van der Waals surface area (Å²) in [6, 6.07) is 13.5. The fourth-order valence-electron chi connectivity index (χ4n) is 3.17. The minimum Gasteiger partial charge on any atom is -0.354 e. The first-order valence-electron chi connectivity index (χ1n) is 10.4. The van der Waals surface area contributed by atoms with Crippen LogP contribution in [0.25, 0.3) is 0 Å². The zero-order valence-electron chi connectivity index (χ0n) is 18.8. The number of benzene rings is 2. The molecule has 0 radical (unpaired) electrons. The van der Waals surface area contributed by atoms with Crippen molar-refractivity contribution in [2.24, 2.45) is 0 Å². The van der Waals surface area contributed by atoms with E-state index in [2.05, 4.69) is 21.2 Å². The van der Waals surface area contributed by atoms with Crippen LogP contribution in [0.3, 0.4) is 0 Å². The van der Waals surface area contributed by atoms with Crippen LogP contribution in [0.5, 0.6) is 0 Å². The number of anilines is 1. The highest BCUT2D eigenvalue weighted by Crippen LogP contribution is 2.22. The van der Waals surface area contributed by atoms with E-state index in [9.17, 15) is 18.0 Å². The SMILES string of the molecule is CCCNC(=O)[C@H](C)N(Cc1ccccc1C)C(=O)CN(c1ccc(Br)cc1)S(C)(=O)=O. The molecule has 0 bridgehead atoms. The van der Waals surface area contributed by atoms with Crippen molar-refractivity contribution in [1.82, 2.24) is 10.2 Å². The van der Waals surface area contributed by atoms with E-state index in [1.54, 1.807) is 31.2 Å². The van der Waals surface area contributed by atoms with E-state index in [1.165, 1.54) is 4.90 Å². The Kier molecular flexibility index (Phi) is 9.27. The minimum absolute atomic E-state index is 0.199. The van der Waals surface area contributed by atoms with Crippen LogP contribution in [0.15, 0.2) is 53.0 Å². The number of sulfonamides is 1. The first-order chi connectivity index (χ1) is 15.0. The van der Waals surface area contributed by atoms with Gasteiger partial charge in [-0.15, -0.1) is 0 Å². The molecule has 0 saturated heterocycles. The van der Waals surface area contributed by atoms with Crippen molar-refractivity contribution in [3.63, 3.8) is 0 Å². The van der Waals surface area contributed by atoms with Crippen molar-refractivity contribution in [3.8, 4) is 0 Å². The Morgan fingerprint density at radius 1 is 1.09 bits per heavy atom. The molecule has 2 aromatic carbocycles. The largest absolute Gasteiger partial charge is 0.354 e. The second-order valence-electron chi connectivity index (χ2n) is 7.66. The molecule has 0 spiro atoms. The lowest BCUT2D eigenvalue weighted by molar-refractivity contribution is -0.139. The van der Waals surface area contributed by atoms with Crippen molar-refractivity contribution < 1.29 is 18.0 Å². The van der Waals surface area contributed by atoms with Crippen molar-refractivity contribution in [3.05, 3.63) is 64.1 Å². The van der Waals surface area contributed by atoms with Gasteiger partial charge in [-0.1, -0.05) is 47.1 Å². The molecule has 0 aliphatic rings. The van der Waals surface area contributed by atoms with Gasteiger partial charge in [0.25, 0.3) is 0 Å². The van der Waals surface area contributed by atoms with Crippen LogP contribution >= 0.6 is 15.9 Å². The zero-order chi connectivity index (χ0) is 23.9. The van der Waals surface area contributed by atoms with E-state index in [4.69, 9.17) is 0 Å². The summed E-state index contributed by atoms with van der Waals surface area (Å²) in [5, 5.41) is 2.82. The molecule has 174 valence electrons. The standard InChI is InChI=1S/C23H30BrN3O4S/c1-5-14-25-23(29)18(3)26(15-19-9-7-6-8-17(19)2)22(28)16-27(32(4,30)31)21-12-10-20(24)11-13-21/h6-13,18H,5,14-16H2,1-4H3,(H,25,29)/t18-/m0/s1. The van der Waals surface area contributed by atoms with Crippen LogP contribution in [0.4, 0.5) is 5.69 Å². The molecule has 2 rings (SSSR count). The van der Waals surface area contributed by atoms with Gasteiger partial charge in [-0.25, -0.2) is 8.42 Å². The summed E-state index contributed by atoms with van der Waals surface area (Å²) in [6.07, 6.45) is 1.83. The highest BCUT2D eigenvalue weighted by molar-refractivity contribution is 9.10. The molecule has 0 saturated carbocycles. The molecule has 1 atom stereocenters. The number of carbonyl (C=O) groups excluding carboxylic acids is 2. The maximum absolute atomic E-state index is 13.4. The molecule has 0 unspecified atom stereocenters. The Labute approximate surface area is 199 Å². The summed E-state index contributed by atoms with van der Waals surface area (Å²) < 4.78 is 26.8. The maximum Gasteiger partial charge on any atom is 0.244 e. The third-order valence-electron chi connectivity index (χ3n) is 5.11. The second-order valence-corrected chi connectivity index (χ2v) is 10.5. The fraction of sp³-hybridized carbons (Fsp3) is 0.391. The van der Waals surface area contributed by atoms with Crippen molar-refractivity contribution in [2.45, 2.75) is 39.8 Å². The normalized spacial score (nSPS) is 12.2. The molecule has 1 N–H and O–H groups in total. The first kappa shape index (κ1) is 25.9. The van der Waals surface area contributed by atoms with Gasteiger partial charge in [0.2, 0.25) is 21.8 Å². The number of halogens is 1. The Hall–Kier alpha value is -2.39. The zero-order valence-corrected chi connectivity index (χ0v) is 21.2. The molecule has 0 aromatic heterocycles. The van der Waals surface area contributed by atoms with Gasteiger partial charge < -0.3 is 10.2 Å². The van der Waals surface area contributed by atoms with Crippen LogP contribution in [-0.2, 0) is 26.2 Å². The van der Waals surface area contributed by atoms with Crippen molar-refractivity contribution >= 4 is 43.5 Å². The summed E-state index contributed by atoms with van der Waals surface area (Å²) in [7, 11) is -3.73. The molecule has 0 aliphatic carbocycles. The minimum atomic E-state index is -3.73. The van der Waals surface area contributed by atoms with Crippen LogP contribution in [0, 0.1) is 6.92 Å². The quantitative estimate of drug-likeness (QED) is 0.516. The molecule has 0 fully saturated rings. The van der Waals surface area contributed by atoms with E-state index in [0.717, 1.165) is 32.6 Å². The molecule has 2 aromatic rings. The molecular weight excluding hydrogens is 494 g/mol. The Morgan fingerprint density at radius 3 is 2.28 bits per heavy atom. The van der Waals surface area contributed by atoms with E-state index < -0.39 is 28.5 Å². The van der Waals surface area contributed by atoms with Gasteiger partial charge in [0.1, 0.15) is 12.6 Å². The summed E-state index contributed by atoms with van der Waals surface area (Å²) >= 11 is 3.33. The summed E-state index contributed by atoms with van der Waals surface area (Å²) in [6.45, 7) is 5.84. The van der Waals surface area contributed by atoms with E-state index in [1.807, 2.05) is 38.1 Å². The van der Waals surface area contributed by atoms with E-state index in [-0.39, 0.29) is 12.5 Å². The third-order valence-corrected chi connectivity index (χ3v) is 6.78. The Bertz CT molecular complexity index is 1040. The Morgan fingerprint density at radius 2 is 1.72 bits per heavy atom. The van der Waals surface area contributed by atoms with Gasteiger partial charge in [0, 0.05) is 17.6 Å². The molecule has 0 aliphatic heterocycles. The number of nitrogens with zero attached hydrogens (tertiary/aromatic N) is 2. The number of hydrogen-bond donors (Lipinski definition) is 1. The highest BCUT2D eigenvalue weighted by atomic mass is 79.9. The maximum atomic E-state index is 13.4. The predicted octanol–water partition coefficient (Wildman–Crippen LogP) is 3.47. The number of hydrogen-bond acceptors (Lipinski definition) is 4. The number of nitrogens with one attached hydrogen (secondary N) is 1. The number of aryl methyl sites for hydroxylation is 1. The van der Waals surface area contributed by atoms with Crippen LogP contribution < -0.4 is 9.62 Å². The smallest absolute Gasteiger partial charge is 0.244 e. The average Bonchev–Trinajstić information content (AvgIpc) is 2.74. The first-order valence-corrected chi connectivity index (χ1v) is 13.0. The Balaban J connectivity index is 2.37. The van der Waals surface area contributed by atoms with Gasteiger partial charge in [0.15, 0.2) is 0 Å².